The highest BCUT2D eigenvalue weighted by Crippen LogP contribution is 2.46. The lowest BCUT2D eigenvalue weighted by molar-refractivity contribution is -0.131. The van der Waals surface area contributed by atoms with Crippen molar-refractivity contribution in [2.75, 3.05) is 25.2 Å². The van der Waals surface area contributed by atoms with Gasteiger partial charge in [0.05, 0.1) is 37.9 Å². The zero-order valence-corrected chi connectivity index (χ0v) is 33.2. The Morgan fingerprint density at radius 3 is 1.86 bits per heavy atom. The minimum atomic E-state index is -1.73. The lowest BCUT2D eigenvalue weighted by atomic mass is 9.78. The molecular weight excluding hydrogens is 749 g/mol. The fourth-order valence-corrected chi connectivity index (χ4v) is 7.18. The highest BCUT2D eigenvalue weighted by atomic mass is 19.1. The number of unbranched alkanes of at least 4 members (excludes halogenated alkanes) is 7. The Morgan fingerprint density at radius 2 is 1.29 bits per heavy atom. The summed E-state index contributed by atoms with van der Waals surface area (Å²) in [4.78, 5) is 39.9. The van der Waals surface area contributed by atoms with Crippen LogP contribution < -0.4 is 20.3 Å². The monoisotopic (exact) mass is 809 g/mol. The number of aliphatic hydroxyl groups excluding tert-OH is 6. The molecule has 0 saturated carbocycles. The van der Waals surface area contributed by atoms with E-state index in [1.807, 2.05) is 48.5 Å². The van der Waals surface area contributed by atoms with Gasteiger partial charge in [-0.15, -0.1) is 0 Å². The molecule has 58 heavy (non-hydrogen) atoms. The second kappa shape index (κ2) is 23.8. The van der Waals surface area contributed by atoms with Crippen molar-refractivity contribution in [3.05, 3.63) is 95.3 Å². The van der Waals surface area contributed by atoms with Gasteiger partial charge >= 0.3 is 0 Å². The number of amides is 3. The van der Waals surface area contributed by atoms with Gasteiger partial charge in [0.2, 0.25) is 17.7 Å². The first-order chi connectivity index (χ1) is 27.9. The lowest BCUT2D eigenvalue weighted by Crippen LogP contribution is -2.55. The van der Waals surface area contributed by atoms with Crippen LogP contribution in [-0.4, -0.2) is 93.0 Å². The number of carbonyl (C=O) groups is 3. The van der Waals surface area contributed by atoms with Crippen LogP contribution in [0.4, 0.5) is 10.1 Å². The topological polar surface area (TPSA) is 209 Å². The van der Waals surface area contributed by atoms with Crippen LogP contribution in [-0.2, 0) is 20.9 Å². The number of nitrogens with one attached hydrogen (secondary N) is 2. The number of methoxy groups -OCH3 is 1. The van der Waals surface area contributed by atoms with Gasteiger partial charge in [-0.2, -0.15) is 0 Å². The zero-order valence-electron chi connectivity index (χ0n) is 33.2. The van der Waals surface area contributed by atoms with Gasteiger partial charge in [-0.05, 0) is 78.8 Å². The predicted octanol–water partition coefficient (Wildman–Crippen LogP) is 4.12. The quantitative estimate of drug-likeness (QED) is 0.0430. The van der Waals surface area contributed by atoms with E-state index in [2.05, 4.69) is 10.6 Å². The molecule has 0 aliphatic carbocycles. The highest BCUT2D eigenvalue weighted by molar-refractivity contribution is 6.03. The van der Waals surface area contributed by atoms with Gasteiger partial charge in [0.15, 0.2) is 0 Å². The summed E-state index contributed by atoms with van der Waals surface area (Å²) < 4.78 is 18.7. The van der Waals surface area contributed by atoms with Crippen LogP contribution in [0.2, 0.25) is 0 Å². The van der Waals surface area contributed by atoms with E-state index in [0.717, 1.165) is 61.8 Å². The second-order valence-corrected chi connectivity index (χ2v) is 15.1. The average Bonchev–Trinajstić information content (AvgIpc) is 3.24. The molecule has 1 aliphatic heterocycles. The van der Waals surface area contributed by atoms with Crippen molar-refractivity contribution in [1.82, 2.24) is 10.6 Å². The Kier molecular flexibility index (Phi) is 19.0. The molecule has 3 aromatic carbocycles. The summed E-state index contributed by atoms with van der Waals surface area (Å²) in [7, 11) is 1.60. The van der Waals surface area contributed by atoms with Gasteiger partial charge in [0.1, 0.15) is 29.9 Å². The maximum Gasteiger partial charge on any atom is 0.233 e. The number of anilines is 1. The normalized spacial score (nSPS) is 17.8. The molecule has 3 unspecified atom stereocenters. The van der Waals surface area contributed by atoms with Crippen molar-refractivity contribution >= 4 is 23.4 Å². The van der Waals surface area contributed by atoms with Crippen LogP contribution in [0.25, 0.3) is 0 Å². The molecule has 1 aliphatic rings. The smallest absolute Gasteiger partial charge is 0.233 e. The Morgan fingerprint density at radius 1 is 0.741 bits per heavy atom. The summed E-state index contributed by atoms with van der Waals surface area (Å²) in [5.41, 5.74) is 3.21. The predicted molar refractivity (Wildman–Crippen MR) is 216 cm³/mol. The fraction of sp³-hybridized carbons (Fsp3) is 0.523. The Balaban J connectivity index is 1.10. The lowest BCUT2D eigenvalue weighted by Gasteiger charge is -2.48. The second-order valence-electron chi connectivity index (χ2n) is 15.1. The largest absolute Gasteiger partial charge is 0.497 e. The van der Waals surface area contributed by atoms with E-state index in [9.17, 15) is 44.3 Å². The number of carbonyl (C=O) groups excluding carboxylic acids is 3. The molecule has 0 bridgehead atoms. The van der Waals surface area contributed by atoms with Crippen LogP contribution >= 0.6 is 0 Å². The van der Waals surface area contributed by atoms with E-state index >= 15 is 0 Å². The minimum Gasteiger partial charge on any atom is -0.497 e. The number of nitrogens with zero attached hydrogens (tertiary/aromatic N) is 1. The molecule has 3 amide bonds. The number of β-lactam (4-membered cyclic amide) rings is 1. The molecule has 4 rings (SSSR count). The standard InChI is InChI=1S/C44H60FN3O10/c1-58-34-22-16-31(17-23-34)41-35(24-25-36(50)30-14-18-32(45)19-15-30)44(57)48(41)33-20-12-29(13-21-33)26-46-39(53)10-8-6-4-2-3-5-7-9-11-40(54)47-27-37(51)42(55)43(56)38(52)28-49/h12-23,35-38,41-43,49-52,55-56H,2-11,24-28H2,1H3,(H,46,53)(H,47,54)/t35-,36?,37?,38-,41?,42-,43-/m1/s1. The first-order valence-electron chi connectivity index (χ1n) is 20.3. The van der Waals surface area contributed by atoms with Gasteiger partial charge in [0, 0.05) is 31.6 Å². The third kappa shape index (κ3) is 13.8. The van der Waals surface area contributed by atoms with E-state index in [0.29, 0.717) is 43.5 Å². The van der Waals surface area contributed by atoms with Crippen LogP contribution in [0.5, 0.6) is 5.75 Å². The molecule has 1 fully saturated rings. The summed E-state index contributed by atoms with van der Waals surface area (Å²) in [6.07, 6.45) is 1.46. The molecule has 1 heterocycles. The number of hydrogen-bond acceptors (Lipinski definition) is 10. The van der Waals surface area contributed by atoms with Gasteiger partial charge < -0.3 is 50.9 Å². The van der Waals surface area contributed by atoms with Crippen LogP contribution in [0.3, 0.4) is 0 Å². The third-order valence-corrected chi connectivity index (χ3v) is 10.8. The number of benzene rings is 3. The van der Waals surface area contributed by atoms with Crippen LogP contribution in [0.15, 0.2) is 72.8 Å². The summed E-state index contributed by atoms with van der Waals surface area (Å²) in [5.74, 6) is -0.357. The molecular formula is C44H60FN3O10. The number of ether oxygens (including phenoxy) is 1. The van der Waals surface area contributed by atoms with Gasteiger partial charge in [-0.25, -0.2) is 4.39 Å². The van der Waals surface area contributed by atoms with Crippen molar-refractivity contribution in [2.24, 2.45) is 5.92 Å². The average molecular weight is 810 g/mol. The molecule has 14 heteroatoms. The maximum absolute atomic E-state index is 13.6. The van der Waals surface area contributed by atoms with Crippen molar-refractivity contribution in [1.29, 1.82) is 0 Å². The molecule has 7 atom stereocenters. The summed E-state index contributed by atoms with van der Waals surface area (Å²) in [6.45, 7) is -0.681. The molecule has 0 aromatic heterocycles. The van der Waals surface area contributed by atoms with Crippen LogP contribution in [0.1, 0.15) is 106 Å². The first kappa shape index (κ1) is 46.3. The summed E-state index contributed by atoms with van der Waals surface area (Å²) >= 11 is 0. The molecule has 0 spiro atoms. The summed E-state index contributed by atoms with van der Waals surface area (Å²) in [5, 5.41) is 63.8. The maximum atomic E-state index is 13.6. The van der Waals surface area contributed by atoms with E-state index < -0.39 is 37.1 Å². The molecule has 0 radical (unpaired) electrons. The van der Waals surface area contributed by atoms with Crippen molar-refractivity contribution in [2.45, 2.75) is 120 Å². The zero-order chi connectivity index (χ0) is 42.0. The molecule has 3 aromatic rings. The number of aliphatic hydroxyl groups is 6. The molecule has 318 valence electrons. The highest BCUT2D eigenvalue weighted by Gasteiger charge is 2.48. The van der Waals surface area contributed by atoms with Crippen LogP contribution in [0, 0.1) is 11.7 Å². The molecule has 1 saturated heterocycles. The van der Waals surface area contributed by atoms with Gasteiger partial charge in [-0.1, -0.05) is 74.9 Å². The van der Waals surface area contributed by atoms with E-state index in [1.54, 1.807) is 24.1 Å². The third-order valence-electron chi connectivity index (χ3n) is 10.8. The summed E-state index contributed by atoms with van der Waals surface area (Å²) in [6, 6.07) is 20.7. The Bertz CT molecular complexity index is 1700. The Hall–Kier alpha value is -4.44. The SMILES string of the molecule is COc1ccc(C2[C@@H](CCC(O)c3ccc(F)cc3)C(=O)N2c2ccc(CNC(=O)CCCCCCCCCCC(=O)NCC(O)[C@@H](O)[C@H](O)[C@H](O)CO)cc2)cc1. The minimum absolute atomic E-state index is 0.0218. The number of hydrogen-bond donors (Lipinski definition) is 8. The number of halogens is 1. The molecule has 13 nitrogen and oxygen atoms in total. The number of rotatable bonds is 26. The fourth-order valence-electron chi connectivity index (χ4n) is 7.18. The van der Waals surface area contributed by atoms with Crippen molar-refractivity contribution in [3.63, 3.8) is 0 Å². The molecule has 8 N–H and O–H groups in total. The van der Waals surface area contributed by atoms with Crippen molar-refractivity contribution < 1.29 is 54.2 Å². The van der Waals surface area contributed by atoms with Gasteiger partial charge in [0.25, 0.3) is 0 Å². The van der Waals surface area contributed by atoms with E-state index in [-0.39, 0.29) is 48.5 Å². The Labute approximate surface area is 339 Å². The van der Waals surface area contributed by atoms with Gasteiger partial charge in [-0.3, -0.25) is 14.4 Å². The van der Waals surface area contributed by atoms with E-state index in [1.165, 1.54) is 12.1 Å². The first-order valence-corrected chi connectivity index (χ1v) is 20.3. The van der Waals surface area contributed by atoms with E-state index in [4.69, 9.17) is 9.84 Å². The van der Waals surface area contributed by atoms with Crippen molar-refractivity contribution in [3.8, 4) is 5.75 Å².